The monoisotopic (exact) mass is 262 g/mol. The van der Waals surface area contributed by atoms with Crippen LogP contribution in [0.15, 0.2) is 30.5 Å². The summed E-state index contributed by atoms with van der Waals surface area (Å²) in [5, 5.41) is 13.0. The van der Waals surface area contributed by atoms with Gasteiger partial charge in [-0.25, -0.2) is 4.39 Å². The Morgan fingerprint density at radius 1 is 1.42 bits per heavy atom. The van der Waals surface area contributed by atoms with E-state index in [9.17, 15) is 4.39 Å². The molecule has 1 heterocycles. The second-order valence-corrected chi connectivity index (χ2v) is 4.89. The first kappa shape index (κ1) is 13.9. The highest BCUT2D eigenvalue weighted by Gasteiger charge is 2.06. The first-order chi connectivity index (χ1) is 9.20. The molecule has 2 N–H and O–H groups in total. The van der Waals surface area contributed by atoms with Crippen molar-refractivity contribution < 1.29 is 9.50 Å². The number of nitrogens with zero attached hydrogens (tertiary/aromatic N) is 1. The van der Waals surface area contributed by atoms with Crippen LogP contribution in [0.5, 0.6) is 0 Å². The molecule has 0 saturated carbocycles. The van der Waals surface area contributed by atoms with E-state index < -0.39 is 0 Å². The maximum Gasteiger partial charge on any atom is 0.124 e. The number of aromatic nitrogens is 1. The predicted molar refractivity (Wildman–Crippen MR) is 74.3 cm³/mol. The smallest absolute Gasteiger partial charge is 0.124 e. The van der Waals surface area contributed by atoms with Crippen molar-refractivity contribution >= 4 is 10.9 Å². The minimum Gasteiger partial charge on any atom is -0.396 e. The van der Waals surface area contributed by atoms with Crippen molar-refractivity contribution in [3.8, 4) is 0 Å². The molecule has 1 atom stereocenters. The van der Waals surface area contributed by atoms with Gasteiger partial charge in [0.1, 0.15) is 5.82 Å². The van der Waals surface area contributed by atoms with Gasteiger partial charge in [-0.2, -0.15) is 0 Å². The zero-order valence-corrected chi connectivity index (χ0v) is 11.1. The summed E-state index contributed by atoms with van der Waals surface area (Å²) in [6, 6.07) is 6.70. The fraction of sp³-hybridized carbons (Fsp3) is 0.400. The number of pyridine rings is 1. The number of aliphatic hydroxyl groups is 1. The Labute approximate surface area is 112 Å². The van der Waals surface area contributed by atoms with Gasteiger partial charge in [0, 0.05) is 24.7 Å². The average Bonchev–Trinajstić information content (AvgIpc) is 2.38. The summed E-state index contributed by atoms with van der Waals surface area (Å²) >= 11 is 0. The standard InChI is InChI=1S/C15H19FN2O/c1-11(4-6-19)9-17-10-13-8-14(16)7-12-3-2-5-18-15(12)13/h2-3,5,7-8,11,17,19H,4,6,9-10H2,1H3. The summed E-state index contributed by atoms with van der Waals surface area (Å²) in [4.78, 5) is 4.31. The molecule has 2 aromatic rings. The fourth-order valence-corrected chi connectivity index (χ4v) is 2.14. The van der Waals surface area contributed by atoms with Crippen LogP contribution < -0.4 is 5.32 Å². The minimum absolute atomic E-state index is 0.202. The molecule has 0 aliphatic carbocycles. The summed E-state index contributed by atoms with van der Waals surface area (Å²) in [7, 11) is 0. The van der Waals surface area contributed by atoms with Gasteiger partial charge >= 0.3 is 0 Å². The first-order valence-electron chi connectivity index (χ1n) is 6.55. The number of aliphatic hydroxyl groups excluding tert-OH is 1. The lowest BCUT2D eigenvalue weighted by Gasteiger charge is -2.12. The van der Waals surface area contributed by atoms with E-state index in [-0.39, 0.29) is 12.4 Å². The molecule has 1 aromatic heterocycles. The molecule has 2 rings (SSSR count). The van der Waals surface area contributed by atoms with Crippen molar-refractivity contribution in [1.82, 2.24) is 10.3 Å². The van der Waals surface area contributed by atoms with Crippen molar-refractivity contribution in [1.29, 1.82) is 0 Å². The van der Waals surface area contributed by atoms with Crippen LogP contribution in [0.25, 0.3) is 10.9 Å². The number of hydrogen-bond acceptors (Lipinski definition) is 3. The van der Waals surface area contributed by atoms with Gasteiger partial charge in [0.15, 0.2) is 0 Å². The highest BCUT2D eigenvalue weighted by atomic mass is 19.1. The number of halogens is 1. The van der Waals surface area contributed by atoms with Gasteiger partial charge in [-0.15, -0.1) is 0 Å². The van der Waals surface area contributed by atoms with Crippen LogP contribution in [0.3, 0.4) is 0 Å². The molecule has 4 heteroatoms. The maximum absolute atomic E-state index is 13.5. The predicted octanol–water partition coefficient (Wildman–Crippen LogP) is 2.48. The maximum atomic E-state index is 13.5. The van der Waals surface area contributed by atoms with E-state index in [0.29, 0.717) is 12.5 Å². The van der Waals surface area contributed by atoms with Gasteiger partial charge < -0.3 is 10.4 Å². The zero-order chi connectivity index (χ0) is 13.7. The minimum atomic E-state index is -0.235. The quantitative estimate of drug-likeness (QED) is 0.840. The topological polar surface area (TPSA) is 45.1 Å². The van der Waals surface area contributed by atoms with Crippen molar-refractivity contribution in [2.75, 3.05) is 13.2 Å². The van der Waals surface area contributed by atoms with E-state index in [0.717, 1.165) is 29.4 Å². The molecular weight excluding hydrogens is 243 g/mol. The number of fused-ring (bicyclic) bond motifs is 1. The average molecular weight is 262 g/mol. The molecule has 0 spiro atoms. The number of nitrogens with one attached hydrogen (secondary N) is 1. The third kappa shape index (κ3) is 3.72. The van der Waals surface area contributed by atoms with Gasteiger partial charge in [0.25, 0.3) is 0 Å². The van der Waals surface area contributed by atoms with E-state index in [1.54, 1.807) is 6.20 Å². The van der Waals surface area contributed by atoms with E-state index in [1.807, 2.05) is 12.1 Å². The molecular formula is C15H19FN2O. The van der Waals surface area contributed by atoms with E-state index in [2.05, 4.69) is 17.2 Å². The highest BCUT2D eigenvalue weighted by Crippen LogP contribution is 2.18. The van der Waals surface area contributed by atoms with Crippen LogP contribution in [-0.2, 0) is 6.54 Å². The lowest BCUT2D eigenvalue weighted by molar-refractivity contribution is 0.260. The molecule has 102 valence electrons. The number of benzene rings is 1. The van der Waals surface area contributed by atoms with Crippen LogP contribution in [0.2, 0.25) is 0 Å². The van der Waals surface area contributed by atoms with E-state index >= 15 is 0 Å². The van der Waals surface area contributed by atoms with Crippen molar-refractivity contribution in [3.63, 3.8) is 0 Å². The van der Waals surface area contributed by atoms with Crippen molar-refractivity contribution in [2.45, 2.75) is 19.9 Å². The molecule has 0 aliphatic heterocycles. The molecule has 0 bridgehead atoms. The van der Waals surface area contributed by atoms with Crippen LogP contribution in [-0.4, -0.2) is 23.2 Å². The van der Waals surface area contributed by atoms with Crippen LogP contribution in [0.1, 0.15) is 18.9 Å². The Bertz CT molecular complexity index is 545. The van der Waals surface area contributed by atoms with Crippen LogP contribution in [0.4, 0.5) is 4.39 Å². The number of rotatable bonds is 6. The SMILES string of the molecule is CC(CCO)CNCc1cc(F)cc2cccnc12. The first-order valence-corrected chi connectivity index (χ1v) is 6.55. The van der Waals surface area contributed by atoms with Crippen LogP contribution in [0, 0.1) is 11.7 Å². The third-order valence-corrected chi connectivity index (χ3v) is 3.18. The highest BCUT2D eigenvalue weighted by molar-refractivity contribution is 5.81. The molecule has 1 unspecified atom stereocenters. The molecule has 0 saturated heterocycles. The largest absolute Gasteiger partial charge is 0.396 e. The summed E-state index contributed by atoms with van der Waals surface area (Å²) < 4.78 is 13.5. The summed E-state index contributed by atoms with van der Waals surface area (Å²) in [5.41, 5.74) is 1.71. The number of hydrogen-bond donors (Lipinski definition) is 2. The molecule has 0 aliphatic rings. The molecule has 0 amide bonds. The van der Waals surface area contributed by atoms with Gasteiger partial charge in [-0.3, -0.25) is 4.98 Å². The lowest BCUT2D eigenvalue weighted by Crippen LogP contribution is -2.21. The summed E-state index contributed by atoms with van der Waals surface area (Å²) in [6.45, 7) is 3.66. The molecule has 0 fully saturated rings. The second kappa shape index (κ2) is 6.59. The van der Waals surface area contributed by atoms with Crippen molar-refractivity contribution in [2.24, 2.45) is 5.92 Å². The Morgan fingerprint density at radius 3 is 3.05 bits per heavy atom. The molecule has 0 radical (unpaired) electrons. The normalized spacial score (nSPS) is 12.8. The molecule has 19 heavy (non-hydrogen) atoms. The third-order valence-electron chi connectivity index (χ3n) is 3.18. The van der Waals surface area contributed by atoms with Gasteiger partial charge in [-0.05, 0) is 42.6 Å². The Hall–Kier alpha value is -1.52. The Balaban J connectivity index is 2.08. The second-order valence-electron chi connectivity index (χ2n) is 4.89. The molecule has 3 nitrogen and oxygen atoms in total. The van der Waals surface area contributed by atoms with E-state index in [1.165, 1.54) is 12.1 Å². The summed E-state index contributed by atoms with van der Waals surface area (Å²) in [5.74, 6) is 0.165. The van der Waals surface area contributed by atoms with E-state index in [4.69, 9.17) is 5.11 Å². The van der Waals surface area contributed by atoms with Crippen molar-refractivity contribution in [3.05, 3.63) is 41.8 Å². The Kier molecular flexibility index (Phi) is 4.82. The van der Waals surface area contributed by atoms with Gasteiger partial charge in [0.2, 0.25) is 0 Å². The Morgan fingerprint density at radius 2 is 2.26 bits per heavy atom. The van der Waals surface area contributed by atoms with Gasteiger partial charge in [0.05, 0.1) is 5.52 Å². The summed E-state index contributed by atoms with van der Waals surface area (Å²) in [6.07, 6.45) is 2.49. The fourth-order valence-electron chi connectivity index (χ4n) is 2.14. The van der Waals surface area contributed by atoms with Gasteiger partial charge in [-0.1, -0.05) is 13.0 Å². The zero-order valence-electron chi connectivity index (χ0n) is 11.1. The molecule has 1 aromatic carbocycles. The van der Waals surface area contributed by atoms with Crippen LogP contribution >= 0.6 is 0 Å². The lowest BCUT2D eigenvalue weighted by atomic mass is 10.1.